The van der Waals surface area contributed by atoms with Crippen LogP contribution in [-0.4, -0.2) is 4.98 Å². The van der Waals surface area contributed by atoms with E-state index in [1.54, 1.807) is 19.9 Å². The van der Waals surface area contributed by atoms with Gasteiger partial charge in [0.2, 0.25) is 0 Å². The first kappa shape index (κ1) is 14.9. The Morgan fingerprint density at radius 3 is 2.52 bits per heavy atom. The molecule has 3 nitrogen and oxygen atoms in total. The number of benzene rings is 1. The number of alkyl halides is 3. The fourth-order valence-electron chi connectivity index (χ4n) is 1.98. The third-order valence-electron chi connectivity index (χ3n) is 2.91. The lowest BCUT2D eigenvalue weighted by molar-refractivity contribution is -0.137. The summed E-state index contributed by atoms with van der Waals surface area (Å²) >= 11 is 0. The van der Waals surface area contributed by atoms with E-state index in [0.29, 0.717) is 11.3 Å². The van der Waals surface area contributed by atoms with E-state index < -0.39 is 11.7 Å². The number of nitrogens with one attached hydrogen (secondary N) is 1. The number of halogens is 3. The topological polar surface area (TPSA) is 48.7 Å². The van der Waals surface area contributed by atoms with Crippen LogP contribution in [0.25, 0.3) is 0 Å². The molecule has 2 aromatic rings. The van der Waals surface area contributed by atoms with Crippen LogP contribution >= 0.6 is 0 Å². The molecule has 6 heteroatoms. The molecule has 1 heterocycles. The van der Waals surface area contributed by atoms with Gasteiger partial charge in [0.25, 0.3) is 0 Å². The van der Waals surface area contributed by atoms with Crippen molar-refractivity contribution in [2.45, 2.75) is 20.0 Å². The van der Waals surface area contributed by atoms with E-state index in [1.807, 2.05) is 6.07 Å². The number of hydrogen-bond acceptors (Lipinski definition) is 3. The van der Waals surface area contributed by atoms with Crippen LogP contribution in [0.3, 0.4) is 0 Å². The second-order valence-corrected chi connectivity index (χ2v) is 4.62. The van der Waals surface area contributed by atoms with Crippen LogP contribution in [0.1, 0.15) is 22.4 Å². The van der Waals surface area contributed by atoms with Gasteiger partial charge in [0.1, 0.15) is 11.9 Å². The Kier molecular flexibility index (Phi) is 3.85. The highest BCUT2D eigenvalue weighted by molar-refractivity contribution is 5.65. The molecule has 0 saturated heterocycles. The number of hydrogen-bond donors (Lipinski definition) is 1. The minimum Gasteiger partial charge on any atom is -0.339 e. The summed E-state index contributed by atoms with van der Waals surface area (Å²) in [4.78, 5) is 4.18. The van der Waals surface area contributed by atoms with Gasteiger partial charge >= 0.3 is 6.18 Å². The van der Waals surface area contributed by atoms with Crippen LogP contribution in [0.15, 0.2) is 30.3 Å². The molecule has 1 N–H and O–H groups in total. The van der Waals surface area contributed by atoms with Gasteiger partial charge in [-0.25, -0.2) is 4.98 Å². The van der Waals surface area contributed by atoms with Crippen LogP contribution in [0.5, 0.6) is 0 Å². The molecule has 0 aliphatic heterocycles. The number of nitrogens with zero attached hydrogens (tertiary/aromatic N) is 2. The second kappa shape index (κ2) is 5.44. The summed E-state index contributed by atoms with van der Waals surface area (Å²) in [7, 11) is 0. The first-order valence-corrected chi connectivity index (χ1v) is 6.14. The van der Waals surface area contributed by atoms with Crippen molar-refractivity contribution >= 4 is 11.5 Å². The molecule has 21 heavy (non-hydrogen) atoms. The number of pyridine rings is 1. The van der Waals surface area contributed by atoms with Crippen LogP contribution in [0, 0.1) is 25.2 Å². The van der Waals surface area contributed by atoms with Gasteiger partial charge in [0, 0.05) is 11.4 Å². The maximum absolute atomic E-state index is 12.7. The monoisotopic (exact) mass is 291 g/mol. The van der Waals surface area contributed by atoms with Crippen LogP contribution in [0.4, 0.5) is 24.7 Å². The van der Waals surface area contributed by atoms with Gasteiger partial charge in [-0.15, -0.1) is 0 Å². The maximum atomic E-state index is 12.7. The Morgan fingerprint density at radius 1 is 1.19 bits per heavy atom. The average molecular weight is 291 g/mol. The minimum atomic E-state index is -4.41. The molecule has 0 atom stereocenters. The first-order valence-electron chi connectivity index (χ1n) is 6.14. The SMILES string of the molecule is Cc1cc(C)c(C#N)c(Nc2cccc(C(F)(F)F)c2)n1. The van der Waals surface area contributed by atoms with Crippen molar-refractivity contribution in [1.82, 2.24) is 4.98 Å². The number of nitriles is 1. The lowest BCUT2D eigenvalue weighted by Crippen LogP contribution is -2.06. The summed E-state index contributed by atoms with van der Waals surface area (Å²) in [6, 6.07) is 8.53. The summed E-state index contributed by atoms with van der Waals surface area (Å²) in [5.41, 5.74) is 1.20. The molecule has 1 aromatic carbocycles. The van der Waals surface area contributed by atoms with E-state index in [0.717, 1.165) is 17.7 Å². The molecule has 0 radical (unpaired) electrons. The normalized spacial score (nSPS) is 11.0. The Bertz CT molecular complexity index is 715. The van der Waals surface area contributed by atoms with Gasteiger partial charge in [-0.2, -0.15) is 18.4 Å². The highest BCUT2D eigenvalue weighted by Gasteiger charge is 2.30. The van der Waals surface area contributed by atoms with Crippen molar-refractivity contribution in [2.75, 3.05) is 5.32 Å². The average Bonchev–Trinajstić information content (AvgIpc) is 2.37. The zero-order valence-corrected chi connectivity index (χ0v) is 11.4. The number of aromatic nitrogens is 1. The van der Waals surface area contributed by atoms with Gasteiger partial charge in [-0.3, -0.25) is 0 Å². The lowest BCUT2D eigenvalue weighted by atomic mass is 10.1. The molecule has 0 amide bonds. The van der Waals surface area contributed by atoms with Gasteiger partial charge in [-0.1, -0.05) is 6.07 Å². The Morgan fingerprint density at radius 2 is 1.90 bits per heavy atom. The lowest BCUT2D eigenvalue weighted by Gasteiger charge is -2.12. The van der Waals surface area contributed by atoms with E-state index in [1.165, 1.54) is 12.1 Å². The van der Waals surface area contributed by atoms with Crippen LogP contribution in [-0.2, 0) is 6.18 Å². The van der Waals surface area contributed by atoms with Gasteiger partial charge in [0.05, 0.1) is 11.1 Å². The zero-order chi connectivity index (χ0) is 15.6. The molecular formula is C15H12F3N3. The molecular weight excluding hydrogens is 279 g/mol. The van der Waals surface area contributed by atoms with Crippen molar-refractivity contribution in [1.29, 1.82) is 5.26 Å². The molecule has 0 aliphatic carbocycles. The van der Waals surface area contributed by atoms with Gasteiger partial charge in [-0.05, 0) is 43.7 Å². The van der Waals surface area contributed by atoms with Crippen molar-refractivity contribution in [3.63, 3.8) is 0 Å². The Labute approximate surface area is 120 Å². The van der Waals surface area contributed by atoms with Crippen molar-refractivity contribution in [2.24, 2.45) is 0 Å². The number of rotatable bonds is 2. The standard InChI is InChI=1S/C15H12F3N3/c1-9-6-10(2)20-14(13(9)8-19)21-12-5-3-4-11(7-12)15(16,17)18/h3-7H,1-2H3,(H,20,21). The quantitative estimate of drug-likeness (QED) is 0.895. The summed E-state index contributed by atoms with van der Waals surface area (Å²) in [5, 5.41) is 11.9. The zero-order valence-electron chi connectivity index (χ0n) is 11.4. The molecule has 0 saturated carbocycles. The number of aryl methyl sites for hydroxylation is 2. The third-order valence-corrected chi connectivity index (χ3v) is 2.91. The van der Waals surface area contributed by atoms with E-state index in [2.05, 4.69) is 10.3 Å². The van der Waals surface area contributed by atoms with Crippen LogP contribution < -0.4 is 5.32 Å². The fourth-order valence-corrected chi connectivity index (χ4v) is 1.98. The van der Waals surface area contributed by atoms with E-state index >= 15 is 0 Å². The summed E-state index contributed by atoms with van der Waals surface area (Å²) in [6.07, 6.45) is -4.41. The molecule has 0 spiro atoms. The first-order chi connectivity index (χ1) is 9.81. The Hall–Kier alpha value is -2.55. The van der Waals surface area contributed by atoms with Crippen molar-refractivity contribution in [3.05, 3.63) is 52.7 Å². The highest BCUT2D eigenvalue weighted by atomic mass is 19.4. The highest BCUT2D eigenvalue weighted by Crippen LogP contribution is 2.31. The maximum Gasteiger partial charge on any atom is 0.416 e. The molecule has 0 unspecified atom stereocenters. The van der Waals surface area contributed by atoms with Gasteiger partial charge in [0.15, 0.2) is 0 Å². The van der Waals surface area contributed by atoms with Gasteiger partial charge < -0.3 is 5.32 Å². The largest absolute Gasteiger partial charge is 0.416 e. The summed E-state index contributed by atoms with van der Waals surface area (Å²) in [5.74, 6) is 0.259. The van der Waals surface area contributed by atoms with E-state index in [9.17, 15) is 13.2 Å². The predicted octanol–water partition coefficient (Wildman–Crippen LogP) is 4.33. The Balaban J connectivity index is 2.42. The third kappa shape index (κ3) is 3.31. The summed E-state index contributed by atoms with van der Waals surface area (Å²) < 4.78 is 38.1. The van der Waals surface area contributed by atoms with Crippen molar-refractivity contribution in [3.8, 4) is 6.07 Å². The predicted molar refractivity (Wildman–Crippen MR) is 73.2 cm³/mol. The number of anilines is 2. The molecule has 0 bridgehead atoms. The van der Waals surface area contributed by atoms with E-state index in [-0.39, 0.29) is 11.5 Å². The van der Waals surface area contributed by atoms with Crippen LogP contribution in [0.2, 0.25) is 0 Å². The molecule has 0 fully saturated rings. The minimum absolute atomic E-state index is 0.235. The molecule has 0 aliphatic rings. The molecule has 2 rings (SSSR count). The molecule has 108 valence electrons. The summed E-state index contributed by atoms with van der Waals surface area (Å²) in [6.45, 7) is 3.51. The fraction of sp³-hybridized carbons (Fsp3) is 0.200. The van der Waals surface area contributed by atoms with E-state index in [4.69, 9.17) is 5.26 Å². The smallest absolute Gasteiger partial charge is 0.339 e. The van der Waals surface area contributed by atoms with Crippen molar-refractivity contribution < 1.29 is 13.2 Å². The molecule has 1 aromatic heterocycles. The second-order valence-electron chi connectivity index (χ2n) is 4.62.